The summed E-state index contributed by atoms with van der Waals surface area (Å²) >= 11 is 5.99. The first kappa shape index (κ1) is 16.3. The van der Waals surface area contributed by atoms with Crippen LogP contribution in [-0.2, 0) is 9.59 Å². The highest BCUT2D eigenvalue weighted by Crippen LogP contribution is 2.27. The molecule has 3 rings (SSSR count). The van der Waals surface area contributed by atoms with E-state index in [1.54, 1.807) is 17.0 Å². The minimum Gasteiger partial charge on any atom is -0.351 e. The Morgan fingerprint density at radius 2 is 2.22 bits per heavy atom. The quantitative estimate of drug-likeness (QED) is 0.828. The molecule has 2 fully saturated rings. The molecule has 6 heteroatoms. The first-order valence-electron chi connectivity index (χ1n) is 8.14. The second-order valence-corrected chi connectivity index (χ2v) is 6.83. The number of amides is 2. The van der Waals surface area contributed by atoms with E-state index in [4.69, 9.17) is 11.6 Å². The lowest BCUT2D eigenvalue weighted by molar-refractivity contribution is -0.132. The van der Waals surface area contributed by atoms with Crippen molar-refractivity contribution in [3.8, 4) is 0 Å². The molecule has 0 spiro atoms. The van der Waals surface area contributed by atoms with E-state index in [9.17, 15) is 9.59 Å². The summed E-state index contributed by atoms with van der Waals surface area (Å²) in [5.41, 5.74) is 0.755. The van der Waals surface area contributed by atoms with E-state index < -0.39 is 5.92 Å². The van der Waals surface area contributed by atoms with Gasteiger partial charge >= 0.3 is 0 Å². The zero-order chi connectivity index (χ0) is 16.4. The number of halogens is 1. The lowest BCUT2D eigenvalue weighted by Crippen LogP contribution is -2.52. The SMILES string of the molecule is CC1CCNCC1NC(=O)C1CCN(c2cccc(Cl)c2)C1=O. The highest BCUT2D eigenvalue weighted by molar-refractivity contribution is 6.31. The molecule has 3 atom stereocenters. The Labute approximate surface area is 141 Å². The molecule has 2 N–H and O–H groups in total. The largest absolute Gasteiger partial charge is 0.351 e. The summed E-state index contributed by atoms with van der Waals surface area (Å²) in [5, 5.41) is 6.93. The fourth-order valence-electron chi connectivity index (χ4n) is 3.29. The van der Waals surface area contributed by atoms with Crippen molar-refractivity contribution in [2.24, 2.45) is 11.8 Å². The van der Waals surface area contributed by atoms with E-state index in [1.165, 1.54) is 0 Å². The molecule has 0 saturated carbocycles. The van der Waals surface area contributed by atoms with Crippen molar-refractivity contribution in [3.05, 3.63) is 29.3 Å². The molecule has 2 saturated heterocycles. The van der Waals surface area contributed by atoms with Crippen LogP contribution in [0.25, 0.3) is 0 Å². The van der Waals surface area contributed by atoms with Crippen LogP contribution in [0.2, 0.25) is 5.02 Å². The van der Waals surface area contributed by atoms with Gasteiger partial charge in [-0.2, -0.15) is 0 Å². The van der Waals surface area contributed by atoms with Gasteiger partial charge in [-0.15, -0.1) is 0 Å². The lowest BCUT2D eigenvalue weighted by atomic mass is 9.94. The first-order valence-corrected chi connectivity index (χ1v) is 8.52. The maximum Gasteiger partial charge on any atom is 0.239 e. The van der Waals surface area contributed by atoms with Crippen LogP contribution in [0.15, 0.2) is 24.3 Å². The summed E-state index contributed by atoms with van der Waals surface area (Å²) in [6.07, 6.45) is 1.59. The number of hydrogen-bond acceptors (Lipinski definition) is 3. The molecule has 0 radical (unpaired) electrons. The van der Waals surface area contributed by atoms with Crippen LogP contribution in [-0.4, -0.2) is 37.5 Å². The van der Waals surface area contributed by atoms with Crippen molar-refractivity contribution in [2.75, 3.05) is 24.5 Å². The molecule has 2 amide bonds. The molecule has 2 heterocycles. The summed E-state index contributed by atoms with van der Waals surface area (Å²) in [4.78, 5) is 26.7. The minimum absolute atomic E-state index is 0.101. The Morgan fingerprint density at radius 1 is 1.39 bits per heavy atom. The first-order chi connectivity index (χ1) is 11.1. The van der Waals surface area contributed by atoms with Gasteiger partial charge in [-0.1, -0.05) is 24.6 Å². The van der Waals surface area contributed by atoms with Crippen LogP contribution in [0.3, 0.4) is 0 Å². The molecule has 23 heavy (non-hydrogen) atoms. The molecule has 1 aromatic carbocycles. The Morgan fingerprint density at radius 3 is 2.96 bits per heavy atom. The molecular weight excluding hydrogens is 314 g/mol. The second-order valence-electron chi connectivity index (χ2n) is 6.40. The molecule has 2 aliphatic rings. The Kier molecular flexibility index (Phi) is 4.87. The highest BCUT2D eigenvalue weighted by atomic mass is 35.5. The van der Waals surface area contributed by atoms with Crippen molar-refractivity contribution < 1.29 is 9.59 Å². The van der Waals surface area contributed by atoms with Gasteiger partial charge in [0, 0.05) is 29.8 Å². The Bertz CT molecular complexity index is 607. The molecule has 3 unspecified atom stereocenters. The Hall–Kier alpha value is -1.59. The predicted molar refractivity (Wildman–Crippen MR) is 90.5 cm³/mol. The van der Waals surface area contributed by atoms with E-state index in [1.807, 2.05) is 12.1 Å². The average molecular weight is 336 g/mol. The van der Waals surface area contributed by atoms with Crippen molar-refractivity contribution in [1.29, 1.82) is 0 Å². The van der Waals surface area contributed by atoms with Gasteiger partial charge in [-0.25, -0.2) is 0 Å². The maximum atomic E-state index is 12.6. The van der Waals surface area contributed by atoms with Crippen LogP contribution in [0.1, 0.15) is 19.8 Å². The van der Waals surface area contributed by atoms with Crippen molar-refractivity contribution in [1.82, 2.24) is 10.6 Å². The van der Waals surface area contributed by atoms with E-state index in [-0.39, 0.29) is 17.9 Å². The van der Waals surface area contributed by atoms with Crippen molar-refractivity contribution in [2.45, 2.75) is 25.8 Å². The number of carbonyl (C=O) groups excluding carboxylic acids is 2. The van der Waals surface area contributed by atoms with Gasteiger partial charge in [-0.3, -0.25) is 9.59 Å². The third-order valence-corrected chi connectivity index (χ3v) is 5.03. The number of anilines is 1. The van der Waals surface area contributed by atoms with Crippen LogP contribution < -0.4 is 15.5 Å². The molecule has 2 aliphatic heterocycles. The number of rotatable bonds is 3. The van der Waals surface area contributed by atoms with Gasteiger partial charge in [0.2, 0.25) is 11.8 Å². The van der Waals surface area contributed by atoms with Crippen LogP contribution in [0, 0.1) is 11.8 Å². The van der Waals surface area contributed by atoms with Crippen LogP contribution in [0.5, 0.6) is 0 Å². The molecule has 5 nitrogen and oxygen atoms in total. The third kappa shape index (κ3) is 3.51. The summed E-state index contributed by atoms with van der Waals surface area (Å²) in [6.45, 7) is 4.44. The fraction of sp³-hybridized carbons (Fsp3) is 0.529. The van der Waals surface area contributed by atoms with E-state index >= 15 is 0 Å². The van der Waals surface area contributed by atoms with Gasteiger partial charge in [0.15, 0.2) is 0 Å². The third-order valence-electron chi connectivity index (χ3n) is 4.80. The smallest absolute Gasteiger partial charge is 0.239 e. The number of carbonyl (C=O) groups is 2. The number of nitrogens with one attached hydrogen (secondary N) is 2. The normalized spacial score (nSPS) is 28.0. The maximum absolute atomic E-state index is 12.6. The average Bonchev–Trinajstić information content (AvgIpc) is 2.91. The zero-order valence-corrected chi connectivity index (χ0v) is 14.0. The number of piperidine rings is 1. The van der Waals surface area contributed by atoms with E-state index in [0.29, 0.717) is 23.9 Å². The van der Waals surface area contributed by atoms with Crippen molar-refractivity contribution in [3.63, 3.8) is 0 Å². The summed E-state index contributed by atoms with van der Waals surface area (Å²) in [6, 6.07) is 7.29. The minimum atomic E-state index is -0.594. The van der Waals surface area contributed by atoms with E-state index in [2.05, 4.69) is 17.6 Å². The van der Waals surface area contributed by atoms with Crippen molar-refractivity contribution >= 4 is 29.1 Å². The summed E-state index contributed by atoms with van der Waals surface area (Å²) in [7, 11) is 0. The van der Waals surface area contributed by atoms with Gasteiger partial charge < -0.3 is 15.5 Å². The topological polar surface area (TPSA) is 61.4 Å². The molecular formula is C17H22ClN3O2. The van der Waals surface area contributed by atoms with E-state index in [0.717, 1.165) is 25.2 Å². The highest BCUT2D eigenvalue weighted by Gasteiger charge is 2.38. The molecule has 0 aromatic heterocycles. The molecule has 0 bridgehead atoms. The van der Waals surface area contributed by atoms with Gasteiger partial charge in [0.1, 0.15) is 5.92 Å². The number of nitrogens with zero attached hydrogens (tertiary/aromatic N) is 1. The van der Waals surface area contributed by atoms with Gasteiger partial charge in [0.05, 0.1) is 0 Å². The number of hydrogen-bond donors (Lipinski definition) is 2. The standard InChI is InChI=1S/C17H22ClN3O2/c1-11-5-7-19-10-15(11)20-16(22)14-6-8-21(17(14)23)13-4-2-3-12(18)9-13/h2-4,9,11,14-15,19H,5-8,10H2,1H3,(H,20,22). The van der Waals surface area contributed by atoms with Crippen LogP contribution in [0.4, 0.5) is 5.69 Å². The van der Waals surface area contributed by atoms with Gasteiger partial charge in [-0.05, 0) is 43.5 Å². The lowest BCUT2D eigenvalue weighted by Gasteiger charge is -2.30. The van der Waals surface area contributed by atoms with Crippen LogP contribution >= 0.6 is 11.6 Å². The van der Waals surface area contributed by atoms with Gasteiger partial charge in [0.25, 0.3) is 0 Å². The second kappa shape index (κ2) is 6.89. The molecule has 0 aliphatic carbocycles. The molecule has 124 valence electrons. The predicted octanol–water partition coefficient (Wildman–Crippen LogP) is 1.81. The Balaban J connectivity index is 1.65. The summed E-state index contributed by atoms with van der Waals surface area (Å²) in [5.74, 6) is -0.454. The molecule has 1 aromatic rings. The fourth-order valence-corrected chi connectivity index (χ4v) is 3.47. The number of benzene rings is 1. The summed E-state index contributed by atoms with van der Waals surface area (Å²) < 4.78 is 0. The zero-order valence-electron chi connectivity index (χ0n) is 13.2. The monoisotopic (exact) mass is 335 g/mol.